The molecule has 1 aromatic carbocycles. The van der Waals surface area contributed by atoms with Crippen molar-refractivity contribution in [3.8, 4) is 6.07 Å². The second kappa shape index (κ2) is 6.54. The zero-order valence-electron chi connectivity index (χ0n) is 13.8. The third kappa shape index (κ3) is 3.17. The van der Waals surface area contributed by atoms with Crippen molar-refractivity contribution in [1.82, 2.24) is 10.2 Å². The number of nitrogens with zero attached hydrogens (tertiary/aromatic N) is 2. The van der Waals surface area contributed by atoms with Crippen molar-refractivity contribution in [1.29, 1.82) is 5.26 Å². The van der Waals surface area contributed by atoms with E-state index in [0.717, 1.165) is 50.9 Å². The lowest BCUT2D eigenvalue weighted by atomic mass is 10.0. The highest BCUT2D eigenvalue weighted by molar-refractivity contribution is 5.81. The zero-order chi connectivity index (χ0) is 16.5. The van der Waals surface area contributed by atoms with Gasteiger partial charge in [-0.2, -0.15) is 5.26 Å². The Kier molecular flexibility index (Phi) is 4.26. The molecule has 24 heavy (non-hydrogen) atoms. The topological polar surface area (TPSA) is 65.4 Å². The fourth-order valence-corrected chi connectivity index (χ4v) is 3.98. The van der Waals surface area contributed by atoms with Gasteiger partial charge < -0.3 is 10.1 Å². The van der Waals surface area contributed by atoms with Gasteiger partial charge in [-0.05, 0) is 43.4 Å². The molecule has 2 heterocycles. The summed E-state index contributed by atoms with van der Waals surface area (Å²) in [6, 6.07) is 10.4. The van der Waals surface area contributed by atoms with Crippen molar-refractivity contribution in [3.63, 3.8) is 0 Å². The van der Waals surface area contributed by atoms with E-state index in [9.17, 15) is 4.79 Å². The smallest absolute Gasteiger partial charge is 0.223 e. The van der Waals surface area contributed by atoms with E-state index >= 15 is 0 Å². The summed E-state index contributed by atoms with van der Waals surface area (Å²) in [5.41, 5.74) is 1.84. The first-order valence-electron chi connectivity index (χ1n) is 8.89. The number of carbonyl (C=O) groups excluding carboxylic acids is 1. The molecular weight excluding hydrogens is 302 g/mol. The van der Waals surface area contributed by atoms with Crippen LogP contribution in [0.4, 0.5) is 0 Å². The van der Waals surface area contributed by atoms with E-state index in [1.807, 2.05) is 18.2 Å². The molecule has 3 aliphatic rings. The van der Waals surface area contributed by atoms with Crippen LogP contribution in [-0.2, 0) is 16.1 Å². The summed E-state index contributed by atoms with van der Waals surface area (Å²) in [7, 11) is 0. The van der Waals surface area contributed by atoms with Crippen molar-refractivity contribution in [3.05, 3.63) is 35.4 Å². The minimum absolute atomic E-state index is 0.0857. The molecule has 0 bridgehead atoms. The minimum Gasteiger partial charge on any atom is -0.374 e. The molecule has 2 saturated heterocycles. The van der Waals surface area contributed by atoms with Gasteiger partial charge in [0.05, 0.1) is 23.8 Å². The first-order valence-corrected chi connectivity index (χ1v) is 8.89. The molecule has 1 aliphatic carbocycles. The number of fused-ring (bicyclic) bond motifs is 1. The Balaban J connectivity index is 1.47. The van der Waals surface area contributed by atoms with Crippen LogP contribution >= 0.6 is 0 Å². The molecule has 0 unspecified atom stereocenters. The molecule has 1 amide bonds. The fraction of sp³-hybridized carbons (Fsp3) is 0.579. The summed E-state index contributed by atoms with van der Waals surface area (Å²) in [5.74, 6) is 0.426. The lowest BCUT2D eigenvalue weighted by Crippen LogP contribution is -2.48. The van der Waals surface area contributed by atoms with Gasteiger partial charge in [0.1, 0.15) is 0 Å². The Hall–Kier alpha value is -1.90. The predicted octanol–water partition coefficient (Wildman–Crippen LogP) is 1.82. The van der Waals surface area contributed by atoms with Crippen LogP contribution < -0.4 is 5.32 Å². The molecule has 1 N–H and O–H groups in total. The molecule has 4 rings (SSSR count). The average Bonchev–Trinajstić information content (AvgIpc) is 3.41. The van der Waals surface area contributed by atoms with Crippen molar-refractivity contribution in [2.45, 2.75) is 50.4 Å². The first kappa shape index (κ1) is 15.6. The molecule has 0 radical (unpaired) electrons. The van der Waals surface area contributed by atoms with Gasteiger partial charge in [-0.3, -0.25) is 9.69 Å². The third-order valence-electron chi connectivity index (χ3n) is 5.35. The second-order valence-electron chi connectivity index (χ2n) is 7.18. The number of nitriles is 1. The maximum absolute atomic E-state index is 12.2. The van der Waals surface area contributed by atoms with Crippen molar-refractivity contribution in [2.24, 2.45) is 5.92 Å². The van der Waals surface area contributed by atoms with Gasteiger partial charge in [0.15, 0.2) is 0 Å². The summed E-state index contributed by atoms with van der Waals surface area (Å²) in [6.07, 6.45) is 4.33. The fourth-order valence-electron chi connectivity index (χ4n) is 3.98. The standard InChI is InChI=1S/C19H23N3O2/c20-10-13-3-1-4-14(9-13)11-22-12-16(21-19(23)15-6-7-15)18-17(22)5-2-8-24-18/h1,3-4,9,15-18H,2,5-8,11-12H2,(H,21,23)/t16-,17+,18+/m0/s1. The molecule has 5 nitrogen and oxygen atoms in total. The van der Waals surface area contributed by atoms with E-state index in [4.69, 9.17) is 10.00 Å². The highest BCUT2D eigenvalue weighted by Crippen LogP contribution is 2.33. The molecule has 0 spiro atoms. The zero-order valence-corrected chi connectivity index (χ0v) is 13.8. The minimum atomic E-state index is 0.0857. The highest BCUT2D eigenvalue weighted by Gasteiger charge is 2.45. The van der Waals surface area contributed by atoms with Crippen molar-refractivity contribution >= 4 is 5.91 Å². The number of nitrogens with one attached hydrogen (secondary N) is 1. The summed E-state index contributed by atoms with van der Waals surface area (Å²) < 4.78 is 6.02. The van der Waals surface area contributed by atoms with Crippen molar-refractivity contribution < 1.29 is 9.53 Å². The van der Waals surface area contributed by atoms with E-state index in [-0.39, 0.29) is 24.0 Å². The van der Waals surface area contributed by atoms with Gasteiger partial charge in [-0.1, -0.05) is 12.1 Å². The number of rotatable bonds is 4. The molecule has 1 saturated carbocycles. The van der Waals surface area contributed by atoms with Crippen LogP contribution in [0, 0.1) is 17.2 Å². The molecule has 3 fully saturated rings. The van der Waals surface area contributed by atoms with E-state index in [2.05, 4.69) is 22.4 Å². The summed E-state index contributed by atoms with van der Waals surface area (Å²) in [6.45, 7) is 2.41. The van der Waals surface area contributed by atoms with Crippen LogP contribution in [-0.4, -0.2) is 42.1 Å². The number of likely N-dealkylation sites (tertiary alicyclic amines) is 1. The Morgan fingerprint density at radius 2 is 2.25 bits per heavy atom. The second-order valence-corrected chi connectivity index (χ2v) is 7.18. The lowest BCUT2D eigenvalue weighted by molar-refractivity contribution is -0.124. The maximum atomic E-state index is 12.2. The first-order chi connectivity index (χ1) is 11.7. The largest absolute Gasteiger partial charge is 0.374 e. The van der Waals surface area contributed by atoms with Crippen LogP contribution in [0.3, 0.4) is 0 Å². The van der Waals surface area contributed by atoms with Crippen LogP contribution in [0.1, 0.15) is 36.8 Å². The number of benzene rings is 1. The Morgan fingerprint density at radius 3 is 3.04 bits per heavy atom. The van der Waals surface area contributed by atoms with E-state index in [1.165, 1.54) is 0 Å². The van der Waals surface area contributed by atoms with Crippen LogP contribution in [0.5, 0.6) is 0 Å². The molecule has 0 aromatic heterocycles. The average molecular weight is 325 g/mol. The summed E-state index contributed by atoms with van der Waals surface area (Å²) >= 11 is 0. The van der Waals surface area contributed by atoms with Gasteiger partial charge >= 0.3 is 0 Å². The summed E-state index contributed by atoms with van der Waals surface area (Å²) in [5, 5.41) is 12.3. The predicted molar refractivity (Wildman–Crippen MR) is 89.0 cm³/mol. The van der Waals surface area contributed by atoms with Gasteiger partial charge in [-0.15, -0.1) is 0 Å². The normalized spacial score (nSPS) is 29.7. The van der Waals surface area contributed by atoms with Gasteiger partial charge in [0.2, 0.25) is 5.91 Å². The van der Waals surface area contributed by atoms with E-state index < -0.39 is 0 Å². The molecule has 126 valence electrons. The molecule has 2 aliphatic heterocycles. The van der Waals surface area contributed by atoms with Gasteiger partial charge in [0.25, 0.3) is 0 Å². The van der Waals surface area contributed by atoms with Gasteiger partial charge in [0, 0.05) is 31.7 Å². The number of hydrogen-bond donors (Lipinski definition) is 1. The highest BCUT2D eigenvalue weighted by atomic mass is 16.5. The number of carbonyl (C=O) groups is 1. The molecule has 5 heteroatoms. The van der Waals surface area contributed by atoms with E-state index in [0.29, 0.717) is 11.6 Å². The Bertz CT molecular complexity index is 665. The Morgan fingerprint density at radius 1 is 1.38 bits per heavy atom. The van der Waals surface area contributed by atoms with Gasteiger partial charge in [-0.25, -0.2) is 0 Å². The summed E-state index contributed by atoms with van der Waals surface area (Å²) in [4.78, 5) is 14.6. The SMILES string of the molecule is N#Cc1cccc(CN2C[C@H](NC(=O)C3CC3)[C@H]3OCCC[C@H]32)c1. The van der Waals surface area contributed by atoms with Crippen LogP contribution in [0.25, 0.3) is 0 Å². The van der Waals surface area contributed by atoms with E-state index in [1.54, 1.807) is 0 Å². The molecular formula is C19H23N3O2. The number of hydrogen-bond acceptors (Lipinski definition) is 4. The van der Waals surface area contributed by atoms with Crippen molar-refractivity contribution in [2.75, 3.05) is 13.2 Å². The Labute approximate surface area is 142 Å². The van der Waals surface area contributed by atoms with Crippen LogP contribution in [0.2, 0.25) is 0 Å². The molecule has 1 aromatic rings. The quantitative estimate of drug-likeness (QED) is 0.917. The number of amides is 1. The maximum Gasteiger partial charge on any atom is 0.223 e. The number of ether oxygens (including phenoxy) is 1. The molecule has 3 atom stereocenters. The monoisotopic (exact) mass is 325 g/mol. The van der Waals surface area contributed by atoms with Crippen LogP contribution in [0.15, 0.2) is 24.3 Å². The lowest BCUT2D eigenvalue weighted by Gasteiger charge is -2.32. The third-order valence-corrected chi connectivity index (χ3v) is 5.35.